The molecule has 0 spiro atoms. The number of nitrogen functional groups attached to an aromatic ring is 1. The molecule has 0 amide bonds. The van der Waals surface area contributed by atoms with E-state index in [1.165, 1.54) is 11.6 Å². The Bertz CT molecular complexity index is 626. The van der Waals surface area contributed by atoms with Gasteiger partial charge >= 0.3 is 5.97 Å². The lowest BCUT2D eigenvalue weighted by Crippen LogP contribution is -2.27. The molecule has 0 fully saturated rings. The Kier molecular flexibility index (Phi) is 4.48. The fraction of sp³-hybridized carbons (Fsp3) is 0.235. The molecule has 21 heavy (non-hydrogen) atoms. The van der Waals surface area contributed by atoms with Gasteiger partial charge in [0.25, 0.3) is 0 Å². The Hall–Kier alpha value is -2.49. The highest BCUT2D eigenvalue weighted by molar-refractivity contribution is 5.90. The smallest absolute Gasteiger partial charge is 0.335 e. The second-order valence-corrected chi connectivity index (χ2v) is 4.95. The third-order valence-corrected chi connectivity index (χ3v) is 3.67. The fourth-order valence-corrected chi connectivity index (χ4v) is 2.51. The maximum absolute atomic E-state index is 11.0. The highest BCUT2D eigenvalue weighted by Gasteiger charge is 2.17. The highest BCUT2D eigenvalue weighted by atomic mass is 16.4. The van der Waals surface area contributed by atoms with E-state index in [4.69, 9.17) is 10.8 Å². The van der Waals surface area contributed by atoms with Crippen LogP contribution in [-0.2, 0) is 0 Å². The van der Waals surface area contributed by atoms with Gasteiger partial charge in [0.05, 0.1) is 23.0 Å². The van der Waals surface area contributed by atoms with E-state index in [9.17, 15) is 4.79 Å². The summed E-state index contributed by atoms with van der Waals surface area (Å²) in [6, 6.07) is 15.2. The largest absolute Gasteiger partial charge is 0.478 e. The van der Waals surface area contributed by atoms with Gasteiger partial charge in [-0.05, 0) is 37.6 Å². The van der Waals surface area contributed by atoms with Gasteiger partial charge in [0.15, 0.2) is 0 Å². The Labute approximate surface area is 124 Å². The van der Waals surface area contributed by atoms with Crippen molar-refractivity contribution in [2.45, 2.75) is 19.9 Å². The topological polar surface area (TPSA) is 66.6 Å². The van der Waals surface area contributed by atoms with E-state index >= 15 is 0 Å². The van der Waals surface area contributed by atoms with Gasteiger partial charge in [-0.15, -0.1) is 0 Å². The van der Waals surface area contributed by atoms with Gasteiger partial charge in [-0.3, -0.25) is 0 Å². The molecule has 0 aliphatic carbocycles. The van der Waals surface area contributed by atoms with Crippen LogP contribution in [0.15, 0.2) is 48.5 Å². The summed E-state index contributed by atoms with van der Waals surface area (Å²) >= 11 is 0. The number of nitrogens with two attached hydrogens (primary N) is 1. The quantitative estimate of drug-likeness (QED) is 0.824. The van der Waals surface area contributed by atoms with Crippen LogP contribution in [0, 0.1) is 0 Å². The first-order valence-corrected chi connectivity index (χ1v) is 6.99. The minimum Gasteiger partial charge on any atom is -0.478 e. The molecule has 0 heterocycles. The summed E-state index contributed by atoms with van der Waals surface area (Å²) in [7, 11) is 0. The van der Waals surface area contributed by atoms with Gasteiger partial charge in [-0.1, -0.05) is 30.3 Å². The molecule has 0 saturated heterocycles. The summed E-state index contributed by atoms with van der Waals surface area (Å²) < 4.78 is 0. The average Bonchev–Trinajstić information content (AvgIpc) is 2.50. The van der Waals surface area contributed by atoms with E-state index in [1.54, 1.807) is 12.1 Å². The van der Waals surface area contributed by atoms with Crippen LogP contribution in [-0.4, -0.2) is 17.6 Å². The zero-order chi connectivity index (χ0) is 15.4. The number of aromatic carboxylic acids is 1. The number of nitrogens with zero attached hydrogens (tertiary/aromatic N) is 1. The lowest BCUT2D eigenvalue weighted by molar-refractivity contribution is 0.0697. The number of carboxylic acids is 1. The standard InChI is InChI=1S/C17H20N2O2/c1-3-19(12(2)13-7-5-4-6-8-13)16-10-9-14(17(20)21)11-15(16)18/h4-12H,3,18H2,1-2H3,(H,20,21). The molecule has 2 aromatic rings. The molecule has 1 atom stereocenters. The molecule has 4 heteroatoms. The van der Waals surface area contributed by atoms with Crippen molar-refractivity contribution >= 4 is 17.3 Å². The third-order valence-electron chi connectivity index (χ3n) is 3.67. The van der Waals surface area contributed by atoms with Crippen molar-refractivity contribution in [3.05, 3.63) is 59.7 Å². The lowest BCUT2D eigenvalue weighted by Gasteiger charge is -2.31. The summed E-state index contributed by atoms with van der Waals surface area (Å²) in [5, 5.41) is 9.01. The van der Waals surface area contributed by atoms with Crippen LogP contribution in [0.5, 0.6) is 0 Å². The molecule has 0 radical (unpaired) electrons. The van der Waals surface area contributed by atoms with Gasteiger partial charge in [0.1, 0.15) is 0 Å². The zero-order valence-corrected chi connectivity index (χ0v) is 12.3. The summed E-state index contributed by atoms with van der Waals surface area (Å²) in [6.45, 7) is 4.96. The van der Waals surface area contributed by atoms with E-state index in [-0.39, 0.29) is 11.6 Å². The van der Waals surface area contributed by atoms with Crippen LogP contribution in [0.1, 0.15) is 35.8 Å². The molecule has 2 rings (SSSR count). The van der Waals surface area contributed by atoms with E-state index < -0.39 is 5.97 Å². The number of anilines is 2. The van der Waals surface area contributed by atoms with Crippen molar-refractivity contribution in [3.8, 4) is 0 Å². The molecule has 0 aromatic heterocycles. The van der Waals surface area contributed by atoms with Crippen molar-refractivity contribution < 1.29 is 9.90 Å². The number of hydrogen-bond donors (Lipinski definition) is 2. The number of hydrogen-bond acceptors (Lipinski definition) is 3. The number of rotatable bonds is 5. The fourth-order valence-electron chi connectivity index (χ4n) is 2.51. The van der Waals surface area contributed by atoms with E-state index in [0.29, 0.717) is 5.69 Å². The van der Waals surface area contributed by atoms with Crippen LogP contribution in [0.4, 0.5) is 11.4 Å². The van der Waals surface area contributed by atoms with Crippen molar-refractivity contribution in [1.82, 2.24) is 0 Å². The minimum absolute atomic E-state index is 0.161. The molecule has 0 saturated carbocycles. The normalized spacial score (nSPS) is 11.9. The van der Waals surface area contributed by atoms with Crippen molar-refractivity contribution in [3.63, 3.8) is 0 Å². The Morgan fingerprint density at radius 2 is 1.90 bits per heavy atom. The van der Waals surface area contributed by atoms with Gasteiger partial charge in [-0.25, -0.2) is 4.79 Å². The molecule has 0 aliphatic rings. The predicted octanol–water partition coefficient (Wildman–Crippen LogP) is 3.55. The van der Waals surface area contributed by atoms with Crippen LogP contribution in [0.3, 0.4) is 0 Å². The molecule has 4 nitrogen and oxygen atoms in total. The summed E-state index contributed by atoms with van der Waals surface area (Å²) in [5.41, 5.74) is 8.80. The van der Waals surface area contributed by atoms with E-state index in [0.717, 1.165) is 12.2 Å². The van der Waals surface area contributed by atoms with Crippen LogP contribution >= 0.6 is 0 Å². The van der Waals surface area contributed by atoms with Crippen molar-refractivity contribution in [2.75, 3.05) is 17.2 Å². The first-order valence-electron chi connectivity index (χ1n) is 6.99. The van der Waals surface area contributed by atoms with Crippen molar-refractivity contribution in [2.24, 2.45) is 0 Å². The highest BCUT2D eigenvalue weighted by Crippen LogP contribution is 2.31. The Morgan fingerprint density at radius 1 is 1.24 bits per heavy atom. The molecule has 110 valence electrons. The lowest BCUT2D eigenvalue weighted by atomic mass is 10.0. The van der Waals surface area contributed by atoms with Crippen molar-refractivity contribution in [1.29, 1.82) is 0 Å². The summed E-state index contributed by atoms with van der Waals surface area (Å²) in [4.78, 5) is 13.2. The average molecular weight is 284 g/mol. The molecule has 0 bridgehead atoms. The van der Waals surface area contributed by atoms with Crippen LogP contribution in [0.2, 0.25) is 0 Å². The van der Waals surface area contributed by atoms with Gasteiger partial charge in [0, 0.05) is 6.54 Å². The molecule has 1 unspecified atom stereocenters. The minimum atomic E-state index is -0.965. The molecule has 2 aromatic carbocycles. The van der Waals surface area contributed by atoms with Gasteiger partial charge in [0.2, 0.25) is 0 Å². The second-order valence-electron chi connectivity index (χ2n) is 4.95. The van der Waals surface area contributed by atoms with Gasteiger partial charge < -0.3 is 15.7 Å². The first-order chi connectivity index (χ1) is 10.0. The summed E-state index contributed by atoms with van der Waals surface area (Å²) in [6.07, 6.45) is 0. The van der Waals surface area contributed by atoms with E-state index in [2.05, 4.69) is 30.9 Å². The number of benzene rings is 2. The molecular formula is C17H20N2O2. The Balaban J connectivity index is 2.35. The SMILES string of the molecule is CCN(c1ccc(C(=O)O)cc1N)C(C)c1ccccc1. The Morgan fingerprint density at radius 3 is 2.43 bits per heavy atom. The molecule has 0 aliphatic heterocycles. The maximum atomic E-state index is 11.0. The van der Waals surface area contributed by atoms with Crippen LogP contribution < -0.4 is 10.6 Å². The third kappa shape index (κ3) is 3.16. The van der Waals surface area contributed by atoms with Gasteiger partial charge in [-0.2, -0.15) is 0 Å². The maximum Gasteiger partial charge on any atom is 0.335 e. The zero-order valence-electron chi connectivity index (χ0n) is 12.3. The van der Waals surface area contributed by atoms with E-state index in [1.807, 2.05) is 18.2 Å². The number of carbonyl (C=O) groups is 1. The number of carboxylic acid groups (broad SMARTS) is 1. The monoisotopic (exact) mass is 284 g/mol. The second kappa shape index (κ2) is 6.31. The summed E-state index contributed by atoms with van der Waals surface area (Å²) in [5.74, 6) is -0.965. The predicted molar refractivity (Wildman–Crippen MR) is 85.7 cm³/mol. The molecule has 3 N–H and O–H groups in total. The first kappa shape index (κ1) is 14.9. The molecular weight excluding hydrogens is 264 g/mol. The van der Waals surface area contributed by atoms with Crippen LogP contribution in [0.25, 0.3) is 0 Å².